The van der Waals surface area contributed by atoms with Gasteiger partial charge in [-0.1, -0.05) is 12.1 Å². The van der Waals surface area contributed by atoms with Crippen molar-refractivity contribution >= 4 is 23.5 Å². The van der Waals surface area contributed by atoms with Gasteiger partial charge in [-0.2, -0.15) is 0 Å². The van der Waals surface area contributed by atoms with Gasteiger partial charge in [0, 0.05) is 12.8 Å². The van der Waals surface area contributed by atoms with E-state index in [1.54, 1.807) is 0 Å². The quantitative estimate of drug-likeness (QED) is 0.171. The molecule has 2 aromatic rings. The third-order valence-corrected chi connectivity index (χ3v) is 4.76. The zero-order valence-electron chi connectivity index (χ0n) is 16.1. The van der Waals surface area contributed by atoms with Gasteiger partial charge in [0.15, 0.2) is 34.6 Å². The van der Waals surface area contributed by atoms with Crippen LogP contribution in [-0.2, 0) is 32.0 Å². The summed E-state index contributed by atoms with van der Waals surface area (Å²) in [5.74, 6) is -11.2. The Morgan fingerprint density at radius 1 is 0.594 bits per heavy atom. The zero-order chi connectivity index (χ0) is 24.4. The average Bonchev–Trinajstić information content (AvgIpc) is 2.71. The molecule has 12 nitrogen and oxygen atoms in total. The second-order valence-electron chi connectivity index (χ2n) is 6.88. The highest BCUT2D eigenvalue weighted by molar-refractivity contribution is 6.22. The number of aliphatic carboxylic acids is 2. The number of carbonyl (C=O) groups excluding carboxylic acids is 2. The number of aliphatic hydroxyl groups is 2. The Hall–Kier alpha value is -4.16. The highest BCUT2D eigenvalue weighted by atomic mass is 16.5. The van der Waals surface area contributed by atoms with Crippen molar-refractivity contribution in [2.75, 3.05) is 0 Å². The molecule has 8 N–H and O–H groups in total. The molecule has 0 saturated carbocycles. The lowest BCUT2D eigenvalue weighted by molar-refractivity contribution is -0.207. The molecular formula is C20H18O12. The summed E-state index contributed by atoms with van der Waals surface area (Å²) in [4.78, 5) is 48.9. The molecule has 0 aliphatic rings. The fourth-order valence-corrected chi connectivity index (χ4v) is 2.94. The fraction of sp³-hybridized carbons (Fsp3) is 0.200. The summed E-state index contributed by atoms with van der Waals surface area (Å²) < 4.78 is 0. The van der Waals surface area contributed by atoms with Gasteiger partial charge in [-0.05, 0) is 35.4 Å². The molecule has 32 heavy (non-hydrogen) atoms. The van der Waals surface area contributed by atoms with E-state index in [9.17, 15) is 60.0 Å². The molecule has 0 radical (unpaired) electrons. The molecule has 2 atom stereocenters. The van der Waals surface area contributed by atoms with Crippen LogP contribution in [0.3, 0.4) is 0 Å². The van der Waals surface area contributed by atoms with Gasteiger partial charge in [0.2, 0.25) is 0 Å². The minimum Gasteiger partial charge on any atom is -0.504 e. The van der Waals surface area contributed by atoms with Gasteiger partial charge < -0.3 is 40.9 Å². The third kappa shape index (κ3) is 4.04. The highest BCUT2D eigenvalue weighted by Crippen LogP contribution is 2.32. The molecular weight excluding hydrogens is 432 g/mol. The molecule has 0 aliphatic carbocycles. The summed E-state index contributed by atoms with van der Waals surface area (Å²) in [7, 11) is 0. The number of carboxylic acids is 2. The Bertz CT molecular complexity index is 1020. The first kappa shape index (κ1) is 24.1. The van der Waals surface area contributed by atoms with Gasteiger partial charge in [0.25, 0.3) is 11.2 Å². The van der Waals surface area contributed by atoms with Crippen LogP contribution in [0.25, 0.3) is 0 Å². The number of phenolic OH excluding ortho intramolecular Hbond substituents is 4. The van der Waals surface area contributed by atoms with Crippen molar-refractivity contribution < 1.29 is 60.0 Å². The van der Waals surface area contributed by atoms with Crippen molar-refractivity contribution in [1.82, 2.24) is 0 Å². The number of phenols is 4. The minimum atomic E-state index is -4.15. The number of benzene rings is 2. The van der Waals surface area contributed by atoms with E-state index in [4.69, 9.17) is 0 Å². The maximum Gasteiger partial charge on any atom is 0.347 e. The van der Waals surface area contributed by atoms with Crippen LogP contribution in [-0.4, -0.2) is 75.6 Å². The van der Waals surface area contributed by atoms with Gasteiger partial charge in [0.1, 0.15) is 0 Å². The standard InChI is InChI=1S/C20H18O12/c21-11-3-1-9(5-13(11)23)7-15(25)19(31,17(27)28)20(32,18(29)30)16(26)8-10-2-4-12(22)14(24)6-10/h1-6,21-24,31-32H,7-8H2,(H,27,28)(H,29,30)/t19-,20-/m0/s1. The molecule has 2 aromatic carbocycles. The molecule has 0 aliphatic heterocycles. The monoisotopic (exact) mass is 450 g/mol. The second kappa shape index (κ2) is 8.53. The fourth-order valence-electron chi connectivity index (χ4n) is 2.94. The van der Waals surface area contributed by atoms with Gasteiger partial charge in [0.05, 0.1) is 0 Å². The Morgan fingerprint density at radius 3 is 1.16 bits per heavy atom. The summed E-state index contributed by atoms with van der Waals surface area (Å²) in [5.41, 5.74) is -8.65. The number of hydrogen-bond acceptors (Lipinski definition) is 10. The van der Waals surface area contributed by atoms with Gasteiger partial charge in [-0.15, -0.1) is 0 Å². The molecule has 12 heteroatoms. The predicted molar refractivity (Wildman–Crippen MR) is 102 cm³/mol. The van der Waals surface area contributed by atoms with Crippen LogP contribution in [0.4, 0.5) is 0 Å². The molecule has 0 fully saturated rings. The molecule has 0 bridgehead atoms. The van der Waals surface area contributed by atoms with Crippen LogP contribution in [0.5, 0.6) is 23.0 Å². The van der Waals surface area contributed by atoms with E-state index in [1.807, 2.05) is 0 Å². The highest BCUT2D eigenvalue weighted by Gasteiger charge is 2.68. The van der Waals surface area contributed by atoms with Crippen LogP contribution < -0.4 is 0 Å². The molecule has 0 aromatic heterocycles. The van der Waals surface area contributed by atoms with E-state index in [0.717, 1.165) is 36.4 Å². The van der Waals surface area contributed by atoms with Gasteiger partial charge in [-0.3, -0.25) is 9.59 Å². The molecule has 0 heterocycles. The van der Waals surface area contributed by atoms with Crippen LogP contribution in [0, 0.1) is 0 Å². The van der Waals surface area contributed by atoms with Crippen molar-refractivity contribution in [2.45, 2.75) is 24.0 Å². The van der Waals surface area contributed by atoms with E-state index < -0.39 is 70.5 Å². The van der Waals surface area contributed by atoms with Crippen LogP contribution >= 0.6 is 0 Å². The number of rotatable bonds is 9. The first-order valence-electron chi connectivity index (χ1n) is 8.75. The van der Waals surface area contributed by atoms with Crippen LogP contribution in [0.1, 0.15) is 11.1 Å². The maximum atomic E-state index is 12.7. The van der Waals surface area contributed by atoms with Crippen molar-refractivity contribution in [3.05, 3.63) is 47.5 Å². The normalized spacial score (nSPS) is 14.7. The van der Waals surface area contributed by atoms with E-state index in [-0.39, 0.29) is 11.1 Å². The second-order valence-corrected chi connectivity index (χ2v) is 6.88. The zero-order valence-corrected chi connectivity index (χ0v) is 16.1. The Balaban J connectivity index is 2.50. The van der Waals surface area contributed by atoms with E-state index in [2.05, 4.69) is 0 Å². The Kier molecular flexibility index (Phi) is 6.43. The lowest BCUT2D eigenvalue weighted by atomic mass is 9.73. The maximum absolute atomic E-state index is 12.7. The third-order valence-electron chi connectivity index (χ3n) is 4.76. The summed E-state index contributed by atoms with van der Waals surface area (Å²) >= 11 is 0. The Morgan fingerprint density at radius 2 is 0.906 bits per heavy atom. The summed E-state index contributed by atoms with van der Waals surface area (Å²) in [5, 5.41) is 77.6. The molecule has 0 amide bonds. The minimum absolute atomic E-state index is 0.173. The molecule has 170 valence electrons. The topological polar surface area (TPSA) is 230 Å². The summed E-state index contributed by atoms with van der Waals surface area (Å²) in [6.45, 7) is 0. The van der Waals surface area contributed by atoms with E-state index in [0.29, 0.717) is 0 Å². The number of carboxylic acid groups (broad SMARTS) is 2. The van der Waals surface area contributed by atoms with Crippen molar-refractivity contribution in [2.24, 2.45) is 0 Å². The molecule has 0 saturated heterocycles. The summed E-state index contributed by atoms with van der Waals surface area (Å²) in [6, 6.07) is 5.63. The van der Waals surface area contributed by atoms with Crippen molar-refractivity contribution in [3.63, 3.8) is 0 Å². The average molecular weight is 450 g/mol. The molecule has 0 unspecified atom stereocenters. The largest absolute Gasteiger partial charge is 0.504 e. The Labute approximate surface area is 178 Å². The van der Waals surface area contributed by atoms with Crippen LogP contribution in [0.15, 0.2) is 36.4 Å². The summed E-state index contributed by atoms with van der Waals surface area (Å²) in [6.07, 6.45) is -2.08. The lowest BCUT2D eigenvalue weighted by Gasteiger charge is -2.34. The SMILES string of the molecule is O=C(O)[C@@](O)(C(=O)Cc1ccc(O)c(O)c1)[C@@](O)(C(=O)O)C(=O)Cc1ccc(O)c(O)c1. The number of hydrogen-bond donors (Lipinski definition) is 8. The number of ketones is 2. The predicted octanol–water partition coefficient (Wildman–Crippen LogP) is -0.936. The number of Topliss-reactive ketones (excluding diaryl/α,β-unsaturated/α-hetero) is 2. The van der Waals surface area contributed by atoms with Gasteiger partial charge in [-0.25, -0.2) is 9.59 Å². The molecule has 0 spiro atoms. The number of carbonyl (C=O) groups is 4. The molecule has 2 rings (SSSR count). The number of aromatic hydroxyl groups is 4. The lowest BCUT2D eigenvalue weighted by Crippen LogP contribution is -2.72. The van der Waals surface area contributed by atoms with Crippen molar-refractivity contribution in [3.8, 4) is 23.0 Å². The first-order chi connectivity index (χ1) is 14.7. The van der Waals surface area contributed by atoms with E-state index in [1.165, 1.54) is 0 Å². The van der Waals surface area contributed by atoms with Crippen LogP contribution in [0.2, 0.25) is 0 Å². The van der Waals surface area contributed by atoms with Crippen molar-refractivity contribution in [1.29, 1.82) is 0 Å². The van der Waals surface area contributed by atoms with E-state index >= 15 is 0 Å². The van der Waals surface area contributed by atoms with Gasteiger partial charge >= 0.3 is 11.9 Å². The first-order valence-corrected chi connectivity index (χ1v) is 8.75. The smallest absolute Gasteiger partial charge is 0.347 e.